The molecule has 2 rings (SSSR count). The summed E-state index contributed by atoms with van der Waals surface area (Å²) in [5.41, 5.74) is 0. The van der Waals surface area contributed by atoms with Gasteiger partial charge in [-0.05, 0) is 31.5 Å². The monoisotopic (exact) mass is 316 g/mol. The van der Waals surface area contributed by atoms with E-state index in [2.05, 4.69) is 12.2 Å². The van der Waals surface area contributed by atoms with Gasteiger partial charge in [0.2, 0.25) is 5.09 Å². The van der Waals surface area contributed by atoms with Gasteiger partial charge >= 0.3 is 0 Å². The first-order chi connectivity index (χ1) is 10.1. The molecule has 120 valence electrons. The van der Waals surface area contributed by atoms with Gasteiger partial charge in [0, 0.05) is 13.1 Å². The molecule has 1 N–H and O–H groups in total. The molecule has 0 aliphatic carbocycles. The van der Waals surface area contributed by atoms with Crippen molar-refractivity contribution < 1.29 is 17.6 Å². The number of sulfonamides is 1. The van der Waals surface area contributed by atoms with Gasteiger partial charge in [0.05, 0.1) is 19.3 Å². The van der Waals surface area contributed by atoms with E-state index in [-0.39, 0.29) is 11.2 Å². The van der Waals surface area contributed by atoms with Crippen molar-refractivity contribution in [3.05, 3.63) is 17.9 Å². The van der Waals surface area contributed by atoms with E-state index in [4.69, 9.17) is 9.15 Å². The number of ether oxygens (including phenoxy) is 1. The number of nitrogens with one attached hydrogen (secondary N) is 1. The van der Waals surface area contributed by atoms with E-state index in [1.165, 1.54) is 10.4 Å². The van der Waals surface area contributed by atoms with E-state index in [1.54, 1.807) is 6.07 Å². The fraction of sp³-hybridized carbons (Fsp3) is 0.714. The Labute approximate surface area is 126 Å². The normalized spacial score (nSPS) is 20.8. The summed E-state index contributed by atoms with van der Waals surface area (Å²) in [6.45, 7) is 6.70. The average Bonchev–Trinajstić information content (AvgIpc) is 2.97. The van der Waals surface area contributed by atoms with E-state index >= 15 is 0 Å². The van der Waals surface area contributed by atoms with Crippen LogP contribution in [0.15, 0.2) is 21.6 Å². The highest BCUT2D eigenvalue weighted by molar-refractivity contribution is 7.89. The summed E-state index contributed by atoms with van der Waals surface area (Å²) in [5, 5.41) is 3.21. The van der Waals surface area contributed by atoms with Crippen LogP contribution in [-0.4, -0.2) is 45.1 Å². The molecule has 0 radical (unpaired) electrons. The highest BCUT2D eigenvalue weighted by Gasteiger charge is 2.32. The van der Waals surface area contributed by atoms with Crippen LogP contribution in [0.1, 0.15) is 32.4 Å². The van der Waals surface area contributed by atoms with Crippen LogP contribution >= 0.6 is 0 Å². The Morgan fingerprint density at radius 3 is 2.90 bits per heavy atom. The molecule has 7 heteroatoms. The standard InChI is InChI=1S/C14H24N2O4S/c1-3-7-15-10-13-5-6-14(20-13)21(17,18)16-8-9-19-12(4-2)11-16/h5-6,12,15H,3-4,7-11H2,1-2H3. The van der Waals surface area contributed by atoms with E-state index in [9.17, 15) is 8.42 Å². The molecule has 0 bridgehead atoms. The SMILES string of the molecule is CCCNCc1ccc(S(=O)(=O)N2CCOC(CC)C2)o1. The van der Waals surface area contributed by atoms with Gasteiger partial charge < -0.3 is 14.5 Å². The van der Waals surface area contributed by atoms with E-state index in [1.807, 2.05) is 6.92 Å². The lowest BCUT2D eigenvalue weighted by Crippen LogP contribution is -2.45. The Morgan fingerprint density at radius 2 is 2.19 bits per heavy atom. The first-order valence-electron chi connectivity index (χ1n) is 7.49. The third-order valence-electron chi connectivity index (χ3n) is 3.51. The molecule has 0 aromatic carbocycles. The van der Waals surface area contributed by atoms with Gasteiger partial charge in [-0.1, -0.05) is 13.8 Å². The molecule has 1 aliphatic rings. The summed E-state index contributed by atoms with van der Waals surface area (Å²) in [4.78, 5) is 0. The molecule has 1 aliphatic heterocycles. The van der Waals surface area contributed by atoms with Crippen molar-refractivity contribution in [1.82, 2.24) is 9.62 Å². The third-order valence-corrected chi connectivity index (χ3v) is 5.25. The maximum atomic E-state index is 12.5. The zero-order valence-corrected chi connectivity index (χ0v) is 13.5. The second-order valence-corrected chi connectivity index (χ2v) is 7.03. The van der Waals surface area contributed by atoms with Gasteiger partial charge in [-0.2, -0.15) is 4.31 Å². The number of rotatable bonds is 7. The topological polar surface area (TPSA) is 71.8 Å². The van der Waals surface area contributed by atoms with Crippen LogP contribution in [0.4, 0.5) is 0 Å². The summed E-state index contributed by atoms with van der Waals surface area (Å²) < 4.78 is 37.5. The Morgan fingerprint density at radius 1 is 1.38 bits per heavy atom. The highest BCUT2D eigenvalue weighted by atomic mass is 32.2. The van der Waals surface area contributed by atoms with Gasteiger partial charge in [-0.25, -0.2) is 8.42 Å². The minimum atomic E-state index is -3.56. The molecule has 1 unspecified atom stereocenters. The van der Waals surface area contributed by atoms with Crippen molar-refractivity contribution in [2.75, 3.05) is 26.2 Å². The molecule has 0 saturated carbocycles. The van der Waals surface area contributed by atoms with Crippen LogP contribution in [0.25, 0.3) is 0 Å². The van der Waals surface area contributed by atoms with E-state index in [0.29, 0.717) is 32.0 Å². The molecule has 1 saturated heterocycles. The number of morpholine rings is 1. The molecule has 1 fully saturated rings. The summed E-state index contributed by atoms with van der Waals surface area (Å²) >= 11 is 0. The summed E-state index contributed by atoms with van der Waals surface area (Å²) in [6.07, 6.45) is 1.79. The zero-order chi connectivity index (χ0) is 15.3. The van der Waals surface area contributed by atoms with Gasteiger partial charge in [-0.3, -0.25) is 0 Å². The largest absolute Gasteiger partial charge is 0.447 e. The fourth-order valence-corrected chi connectivity index (χ4v) is 3.65. The first kappa shape index (κ1) is 16.5. The predicted molar refractivity (Wildman–Crippen MR) is 79.5 cm³/mol. The van der Waals surface area contributed by atoms with Crippen molar-refractivity contribution in [2.24, 2.45) is 0 Å². The summed E-state index contributed by atoms with van der Waals surface area (Å²) in [5.74, 6) is 0.641. The Hall–Kier alpha value is -0.890. The molecule has 1 aromatic heterocycles. The van der Waals surface area contributed by atoms with Gasteiger partial charge in [0.15, 0.2) is 0 Å². The molecule has 1 atom stereocenters. The van der Waals surface area contributed by atoms with Crippen molar-refractivity contribution >= 4 is 10.0 Å². The Balaban J connectivity index is 2.05. The zero-order valence-electron chi connectivity index (χ0n) is 12.7. The van der Waals surface area contributed by atoms with Crippen LogP contribution in [-0.2, 0) is 21.3 Å². The molecule has 0 spiro atoms. The lowest BCUT2D eigenvalue weighted by Gasteiger charge is -2.30. The summed E-state index contributed by atoms with van der Waals surface area (Å²) in [7, 11) is -3.56. The smallest absolute Gasteiger partial charge is 0.276 e. The van der Waals surface area contributed by atoms with Crippen LogP contribution in [0.5, 0.6) is 0 Å². The van der Waals surface area contributed by atoms with Gasteiger partial charge in [-0.15, -0.1) is 0 Å². The van der Waals surface area contributed by atoms with Gasteiger partial charge in [0.1, 0.15) is 5.76 Å². The average molecular weight is 316 g/mol. The number of hydrogen-bond acceptors (Lipinski definition) is 5. The van der Waals surface area contributed by atoms with Crippen molar-refractivity contribution in [3.63, 3.8) is 0 Å². The lowest BCUT2D eigenvalue weighted by molar-refractivity contribution is -0.00315. The molecule has 21 heavy (non-hydrogen) atoms. The summed E-state index contributed by atoms with van der Waals surface area (Å²) in [6, 6.07) is 3.25. The van der Waals surface area contributed by atoms with Crippen LogP contribution < -0.4 is 5.32 Å². The minimum absolute atomic E-state index is 0.0209. The van der Waals surface area contributed by atoms with Crippen LogP contribution in [0, 0.1) is 0 Å². The fourth-order valence-electron chi connectivity index (χ4n) is 2.27. The van der Waals surface area contributed by atoms with Crippen molar-refractivity contribution in [1.29, 1.82) is 0 Å². The Kier molecular flexibility index (Phi) is 5.80. The second-order valence-electron chi connectivity index (χ2n) is 5.16. The Bertz CT molecular complexity index is 541. The molecular formula is C14H24N2O4S. The number of nitrogens with zero attached hydrogens (tertiary/aromatic N) is 1. The third kappa shape index (κ3) is 4.06. The maximum absolute atomic E-state index is 12.5. The minimum Gasteiger partial charge on any atom is -0.447 e. The van der Waals surface area contributed by atoms with E-state index in [0.717, 1.165) is 19.4 Å². The lowest BCUT2D eigenvalue weighted by atomic mass is 10.2. The molecular weight excluding hydrogens is 292 g/mol. The van der Waals surface area contributed by atoms with Crippen LogP contribution in [0.3, 0.4) is 0 Å². The maximum Gasteiger partial charge on any atom is 0.276 e. The van der Waals surface area contributed by atoms with Crippen LogP contribution in [0.2, 0.25) is 0 Å². The van der Waals surface area contributed by atoms with Crippen molar-refractivity contribution in [3.8, 4) is 0 Å². The molecule has 0 amide bonds. The van der Waals surface area contributed by atoms with Crippen molar-refractivity contribution in [2.45, 2.75) is 44.4 Å². The number of hydrogen-bond donors (Lipinski definition) is 1. The molecule has 1 aromatic rings. The molecule has 6 nitrogen and oxygen atoms in total. The van der Waals surface area contributed by atoms with Gasteiger partial charge in [0.25, 0.3) is 10.0 Å². The first-order valence-corrected chi connectivity index (χ1v) is 8.93. The highest BCUT2D eigenvalue weighted by Crippen LogP contribution is 2.21. The van der Waals surface area contributed by atoms with E-state index < -0.39 is 10.0 Å². The molecule has 2 heterocycles. The quantitative estimate of drug-likeness (QED) is 0.773. The predicted octanol–water partition coefficient (Wildman–Crippen LogP) is 1.58. The number of furan rings is 1. The second kappa shape index (κ2) is 7.40.